The van der Waals surface area contributed by atoms with Crippen LogP contribution in [-0.2, 0) is 9.53 Å². The first-order valence-electron chi connectivity index (χ1n) is 6.38. The SMILES string of the molecule is CC(=O)NC[C@H]1CN(c2cc(C)c(I)c(C)c2)C(=O)O1. The lowest BCUT2D eigenvalue weighted by atomic mass is 10.1. The number of nitrogens with zero attached hydrogens (tertiary/aromatic N) is 1. The smallest absolute Gasteiger partial charge is 0.414 e. The largest absolute Gasteiger partial charge is 0.442 e. The number of carbonyl (C=O) groups excluding carboxylic acids is 2. The minimum Gasteiger partial charge on any atom is -0.442 e. The van der Waals surface area contributed by atoms with E-state index < -0.39 is 0 Å². The Kier molecular flexibility index (Phi) is 4.52. The predicted molar refractivity (Wildman–Crippen MR) is 84.9 cm³/mol. The number of amides is 2. The maximum atomic E-state index is 11.9. The summed E-state index contributed by atoms with van der Waals surface area (Å²) < 4.78 is 6.46. The topological polar surface area (TPSA) is 58.6 Å². The van der Waals surface area contributed by atoms with Gasteiger partial charge in [-0.3, -0.25) is 9.69 Å². The zero-order valence-corrected chi connectivity index (χ0v) is 13.9. The predicted octanol–water partition coefficient (Wildman–Crippen LogP) is 2.37. The van der Waals surface area contributed by atoms with Crippen molar-refractivity contribution in [2.24, 2.45) is 0 Å². The third kappa shape index (κ3) is 3.23. The summed E-state index contributed by atoms with van der Waals surface area (Å²) in [7, 11) is 0. The molecule has 1 atom stereocenters. The molecular weight excluding hydrogens is 371 g/mol. The van der Waals surface area contributed by atoms with Crippen molar-refractivity contribution in [2.45, 2.75) is 26.9 Å². The summed E-state index contributed by atoms with van der Waals surface area (Å²) in [5, 5.41) is 2.67. The van der Waals surface area contributed by atoms with Crippen LogP contribution < -0.4 is 10.2 Å². The third-order valence-electron chi connectivity index (χ3n) is 3.19. The van der Waals surface area contributed by atoms with Gasteiger partial charge in [0.2, 0.25) is 5.91 Å². The van der Waals surface area contributed by atoms with Crippen LogP contribution in [0.1, 0.15) is 18.1 Å². The highest BCUT2D eigenvalue weighted by Crippen LogP contribution is 2.27. The Hall–Kier alpha value is -1.31. The van der Waals surface area contributed by atoms with Crippen LogP contribution in [0.25, 0.3) is 0 Å². The van der Waals surface area contributed by atoms with Gasteiger partial charge in [-0.25, -0.2) is 4.79 Å². The fourth-order valence-corrected chi connectivity index (χ4v) is 2.49. The van der Waals surface area contributed by atoms with Crippen LogP contribution in [0.2, 0.25) is 0 Å². The zero-order chi connectivity index (χ0) is 14.9. The highest BCUT2D eigenvalue weighted by molar-refractivity contribution is 14.1. The highest BCUT2D eigenvalue weighted by Gasteiger charge is 2.32. The fourth-order valence-electron chi connectivity index (χ4n) is 2.18. The number of ether oxygens (including phenoxy) is 1. The normalized spacial score (nSPS) is 18.1. The van der Waals surface area contributed by atoms with Crippen LogP contribution in [-0.4, -0.2) is 31.2 Å². The molecule has 1 saturated heterocycles. The molecule has 2 amide bonds. The molecule has 1 aliphatic rings. The first kappa shape index (κ1) is 15.1. The van der Waals surface area contributed by atoms with Crippen molar-refractivity contribution >= 4 is 40.3 Å². The molecule has 1 fully saturated rings. The summed E-state index contributed by atoms with van der Waals surface area (Å²) in [5.41, 5.74) is 3.12. The maximum Gasteiger partial charge on any atom is 0.414 e. The Labute approximate surface area is 131 Å². The summed E-state index contributed by atoms with van der Waals surface area (Å²) in [6, 6.07) is 3.97. The van der Waals surface area contributed by atoms with Gasteiger partial charge >= 0.3 is 6.09 Å². The van der Waals surface area contributed by atoms with E-state index in [4.69, 9.17) is 4.74 Å². The molecule has 108 valence electrons. The first-order valence-corrected chi connectivity index (χ1v) is 7.45. The first-order chi connectivity index (χ1) is 9.38. The molecule has 0 saturated carbocycles. The van der Waals surface area contributed by atoms with Crippen LogP contribution >= 0.6 is 22.6 Å². The summed E-state index contributed by atoms with van der Waals surface area (Å²) >= 11 is 2.30. The molecule has 1 aromatic carbocycles. The minimum absolute atomic E-state index is 0.125. The molecule has 1 aliphatic heterocycles. The average molecular weight is 388 g/mol. The van der Waals surface area contributed by atoms with Crippen LogP contribution in [0.4, 0.5) is 10.5 Å². The second-order valence-corrected chi connectivity index (χ2v) is 6.03. The van der Waals surface area contributed by atoms with Gasteiger partial charge < -0.3 is 10.1 Å². The number of hydrogen-bond acceptors (Lipinski definition) is 3. The molecule has 0 bridgehead atoms. The van der Waals surface area contributed by atoms with Gasteiger partial charge in [0, 0.05) is 16.2 Å². The molecule has 0 aromatic heterocycles. The molecule has 1 N–H and O–H groups in total. The number of cyclic esters (lactones) is 1. The number of halogens is 1. The Morgan fingerprint density at radius 1 is 1.45 bits per heavy atom. The molecule has 0 aliphatic carbocycles. The number of nitrogens with one attached hydrogen (secondary N) is 1. The van der Waals surface area contributed by atoms with Crippen molar-refractivity contribution < 1.29 is 14.3 Å². The van der Waals surface area contributed by atoms with E-state index in [1.165, 1.54) is 10.5 Å². The Morgan fingerprint density at radius 3 is 2.60 bits per heavy atom. The minimum atomic E-state index is -0.361. The fraction of sp³-hybridized carbons (Fsp3) is 0.429. The Bertz CT molecular complexity index is 536. The van der Waals surface area contributed by atoms with E-state index >= 15 is 0 Å². The van der Waals surface area contributed by atoms with E-state index in [0.29, 0.717) is 13.1 Å². The van der Waals surface area contributed by atoms with E-state index in [0.717, 1.165) is 16.8 Å². The summed E-state index contributed by atoms with van der Waals surface area (Å²) in [4.78, 5) is 24.4. The van der Waals surface area contributed by atoms with Crippen molar-refractivity contribution in [3.05, 3.63) is 26.8 Å². The maximum absolute atomic E-state index is 11.9. The molecule has 2 rings (SSSR count). The lowest BCUT2D eigenvalue weighted by Crippen LogP contribution is -2.33. The number of carbonyl (C=O) groups is 2. The Morgan fingerprint density at radius 2 is 2.05 bits per heavy atom. The van der Waals surface area contributed by atoms with Gasteiger partial charge in [-0.15, -0.1) is 0 Å². The van der Waals surface area contributed by atoms with Gasteiger partial charge in [-0.2, -0.15) is 0 Å². The van der Waals surface area contributed by atoms with Gasteiger partial charge in [0.05, 0.1) is 13.1 Å². The Balaban J connectivity index is 2.14. The van der Waals surface area contributed by atoms with Crippen LogP contribution in [0.15, 0.2) is 12.1 Å². The number of rotatable bonds is 3. The van der Waals surface area contributed by atoms with Crippen LogP contribution in [0, 0.1) is 17.4 Å². The molecule has 0 unspecified atom stereocenters. The van der Waals surface area contributed by atoms with Crippen molar-refractivity contribution in [3.63, 3.8) is 0 Å². The van der Waals surface area contributed by atoms with E-state index in [2.05, 4.69) is 27.9 Å². The molecule has 0 spiro atoms. The lowest BCUT2D eigenvalue weighted by Gasteiger charge is -2.16. The van der Waals surface area contributed by atoms with Crippen molar-refractivity contribution in [1.29, 1.82) is 0 Å². The molecular formula is C14H17IN2O3. The second kappa shape index (κ2) is 5.99. The van der Waals surface area contributed by atoms with Crippen molar-refractivity contribution in [1.82, 2.24) is 5.32 Å². The van der Waals surface area contributed by atoms with Crippen LogP contribution in [0.3, 0.4) is 0 Å². The van der Waals surface area contributed by atoms with Gasteiger partial charge in [0.25, 0.3) is 0 Å². The molecule has 0 radical (unpaired) electrons. The standard InChI is InChI=1S/C14H17IN2O3/c1-8-4-11(5-9(2)13(8)15)17-7-12(20-14(17)19)6-16-10(3)18/h4-5,12H,6-7H2,1-3H3,(H,16,18)/t12-/m0/s1. The quantitative estimate of drug-likeness (QED) is 0.809. The van der Waals surface area contributed by atoms with E-state index in [9.17, 15) is 9.59 Å². The van der Waals surface area contributed by atoms with E-state index in [1.807, 2.05) is 26.0 Å². The number of anilines is 1. The van der Waals surface area contributed by atoms with Gasteiger partial charge in [-0.1, -0.05) is 0 Å². The van der Waals surface area contributed by atoms with Gasteiger partial charge in [0.15, 0.2) is 0 Å². The molecule has 1 heterocycles. The van der Waals surface area contributed by atoms with Gasteiger partial charge in [0.1, 0.15) is 6.10 Å². The monoisotopic (exact) mass is 388 g/mol. The molecule has 1 aromatic rings. The van der Waals surface area contributed by atoms with Gasteiger partial charge in [-0.05, 0) is 59.7 Å². The molecule has 6 heteroatoms. The molecule has 5 nitrogen and oxygen atoms in total. The zero-order valence-electron chi connectivity index (χ0n) is 11.7. The number of aryl methyl sites for hydroxylation is 2. The average Bonchev–Trinajstić information content (AvgIpc) is 2.74. The summed E-state index contributed by atoms with van der Waals surface area (Å²) in [6.07, 6.45) is -0.661. The second-order valence-electron chi connectivity index (χ2n) is 4.95. The van der Waals surface area contributed by atoms with Crippen molar-refractivity contribution in [2.75, 3.05) is 18.0 Å². The van der Waals surface area contributed by atoms with E-state index in [-0.39, 0.29) is 18.1 Å². The summed E-state index contributed by atoms with van der Waals surface area (Å²) in [5.74, 6) is -0.125. The third-order valence-corrected chi connectivity index (χ3v) is 4.89. The molecule has 20 heavy (non-hydrogen) atoms. The number of benzene rings is 1. The highest BCUT2D eigenvalue weighted by atomic mass is 127. The lowest BCUT2D eigenvalue weighted by molar-refractivity contribution is -0.119. The van der Waals surface area contributed by atoms with Crippen LogP contribution in [0.5, 0.6) is 0 Å². The van der Waals surface area contributed by atoms with E-state index in [1.54, 1.807) is 4.90 Å². The van der Waals surface area contributed by atoms with Crippen molar-refractivity contribution in [3.8, 4) is 0 Å². The number of hydrogen-bond donors (Lipinski definition) is 1. The summed E-state index contributed by atoms with van der Waals surface area (Å²) in [6.45, 7) is 6.29.